The maximum atomic E-state index is 13.8. The Morgan fingerprint density at radius 1 is 1.05 bits per heavy atom. The highest BCUT2D eigenvalue weighted by molar-refractivity contribution is 5.14. The van der Waals surface area contributed by atoms with Crippen molar-refractivity contribution in [1.82, 2.24) is 4.90 Å². The molecule has 0 aromatic heterocycles. The van der Waals surface area contributed by atoms with E-state index < -0.39 is 11.3 Å². The lowest BCUT2D eigenvalue weighted by Gasteiger charge is -2.47. The van der Waals surface area contributed by atoms with Crippen molar-refractivity contribution in [2.75, 3.05) is 6.54 Å². The van der Waals surface area contributed by atoms with Crippen LogP contribution in [0, 0.1) is 10.8 Å². The highest BCUT2D eigenvalue weighted by Gasteiger charge is 2.71. The van der Waals surface area contributed by atoms with Crippen molar-refractivity contribution in [2.24, 2.45) is 10.8 Å². The van der Waals surface area contributed by atoms with Crippen molar-refractivity contribution >= 4 is 0 Å². The van der Waals surface area contributed by atoms with Gasteiger partial charge in [0.25, 0.3) is 5.92 Å². The van der Waals surface area contributed by atoms with Crippen molar-refractivity contribution in [3.05, 3.63) is 0 Å². The Bertz CT molecular complexity index is 351. The molecule has 0 bridgehead atoms. The molecule has 0 aromatic rings. The maximum Gasteiger partial charge on any atom is 0.255 e. The summed E-state index contributed by atoms with van der Waals surface area (Å²) < 4.78 is 27.6. The maximum absolute atomic E-state index is 13.8. The molecule has 2 fully saturated rings. The molecule has 2 unspecified atom stereocenters. The fourth-order valence-corrected chi connectivity index (χ4v) is 3.73. The minimum atomic E-state index is -2.43. The summed E-state index contributed by atoms with van der Waals surface area (Å²) in [5, 5.41) is 0. The van der Waals surface area contributed by atoms with Gasteiger partial charge in [0.1, 0.15) is 0 Å². The van der Waals surface area contributed by atoms with E-state index in [9.17, 15) is 8.78 Å². The lowest BCUT2D eigenvalue weighted by Crippen LogP contribution is -2.54. The van der Waals surface area contributed by atoms with Gasteiger partial charge in [-0.1, -0.05) is 27.2 Å². The monoisotopic (exact) mass is 273 g/mol. The molecule has 19 heavy (non-hydrogen) atoms. The summed E-state index contributed by atoms with van der Waals surface area (Å²) in [6.45, 7) is 13.7. The van der Waals surface area contributed by atoms with Gasteiger partial charge < -0.3 is 0 Å². The molecule has 1 aliphatic heterocycles. The first-order valence-corrected chi connectivity index (χ1v) is 7.54. The van der Waals surface area contributed by atoms with E-state index in [1.807, 2.05) is 0 Å². The van der Waals surface area contributed by atoms with Crippen molar-refractivity contribution in [2.45, 2.75) is 84.7 Å². The van der Waals surface area contributed by atoms with Crippen molar-refractivity contribution < 1.29 is 8.78 Å². The predicted molar refractivity (Wildman–Crippen MR) is 75.6 cm³/mol. The van der Waals surface area contributed by atoms with Crippen LogP contribution in [0.1, 0.15) is 67.2 Å². The van der Waals surface area contributed by atoms with Crippen LogP contribution in [0.2, 0.25) is 0 Å². The molecule has 2 aliphatic rings. The van der Waals surface area contributed by atoms with Gasteiger partial charge in [-0.2, -0.15) is 0 Å². The fraction of sp³-hybridized carbons (Fsp3) is 1.00. The molecule has 2 rings (SSSR count). The molecule has 0 radical (unpaired) electrons. The second-order valence-electron chi connectivity index (χ2n) is 8.73. The summed E-state index contributed by atoms with van der Waals surface area (Å²) >= 11 is 0. The van der Waals surface area contributed by atoms with E-state index in [1.54, 1.807) is 0 Å². The lowest BCUT2D eigenvalue weighted by molar-refractivity contribution is -0.0124. The average Bonchev–Trinajstić information content (AvgIpc) is 2.77. The van der Waals surface area contributed by atoms with E-state index in [2.05, 4.69) is 46.4 Å². The Labute approximate surface area is 116 Å². The Morgan fingerprint density at radius 3 is 1.95 bits per heavy atom. The van der Waals surface area contributed by atoms with Gasteiger partial charge in [-0.25, -0.2) is 8.78 Å². The summed E-state index contributed by atoms with van der Waals surface area (Å²) in [7, 11) is 0. The Kier molecular flexibility index (Phi) is 3.33. The van der Waals surface area contributed by atoms with E-state index >= 15 is 0 Å². The van der Waals surface area contributed by atoms with Gasteiger partial charge in [0.05, 0.1) is 5.41 Å². The van der Waals surface area contributed by atoms with Crippen LogP contribution < -0.4 is 0 Å². The third kappa shape index (κ3) is 2.68. The van der Waals surface area contributed by atoms with Crippen LogP contribution in [-0.4, -0.2) is 28.9 Å². The summed E-state index contributed by atoms with van der Waals surface area (Å²) in [6, 6.07) is 0.392. The number of hydrogen-bond donors (Lipinski definition) is 0. The van der Waals surface area contributed by atoms with Crippen molar-refractivity contribution in [1.29, 1.82) is 0 Å². The second-order valence-corrected chi connectivity index (χ2v) is 8.73. The number of rotatable bonds is 0. The van der Waals surface area contributed by atoms with Gasteiger partial charge in [0.2, 0.25) is 0 Å². The number of likely N-dealkylation sites (tertiary alicyclic amines) is 1. The van der Waals surface area contributed by atoms with Crippen LogP contribution in [0.3, 0.4) is 0 Å². The zero-order valence-corrected chi connectivity index (χ0v) is 13.3. The summed E-state index contributed by atoms with van der Waals surface area (Å²) in [5.74, 6) is -2.43. The molecule has 1 saturated carbocycles. The zero-order valence-electron chi connectivity index (χ0n) is 13.3. The minimum absolute atomic E-state index is 0.0477. The molecule has 1 aliphatic carbocycles. The first-order chi connectivity index (χ1) is 8.39. The van der Waals surface area contributed by atoms with E-state index in [-0.39, 0.29) is 17.4 Å². The van der Waals surface area contributed by atoms with Crippen LogP contribution in [0.25, 0.3) is 0 Å². The largest absolute Gasteiger partial charge is 0.294 e. The van der Waals surface area contributed by atoms with Crippen LogP contribution in [0.4, 0.5) is 8.78 Å². The summed E-state index contributed by atoms with van der Waals surface area (Å²) in [5.41, 5.74) is -0.628. The first kappa shape index (κ1) is 15.2. The van der Waals surface area contributed by atoms with Gasteiger partial charge in [-0.3, -0.25) is 4.90 Å². The minimum Gasteiger partial charge on any atom is -0.294 e. The molecule has 1 spiro atoms. The molecule has 1 saturated heterocycles. The summed E-state index contributed by atoms with van der Waals surface area (Å²) in [6.07, 6.45) is 2.77. The molecular weight excluding hydrogens is 244 g/mol. The SMILES string of the molecule is CC(C)(C)C1CCCC2(CN1C(C)(C)C)CC2(F)F. The summed E-state index contributed by atoms with van der Waals surface area (Å²) in [4.78, 5) is 2.36. The van der Waals surface area contributed by atoms with Crippen molar-refractivity contribution in [3.8, 4) is 0 Å². The molecule has 1 heterocycles. The molecule has 0 amide bonds. The number of halogens is 2. The first-order valence-electron chi connectivity index (χ1n) is 7.54. The van der Waals surface area contributed by atoms with Crippen LogP contribution in [0.5, 0.6) is 0 Å². The molecular formula is C16H29F2N. The predicted octanol–water partition coefficient (Wildman–Crippen LogP) is 4.71. The highest BCUT2D eigenvalue weighted by atomic mass is 19.3. The Balaban J connectivity index is 2.29. The normalized spacial score (nSPS) is 36.3. The van der Waals surface area contributed by atoms with Crippen LogP contribution >= 0.6 is 0 Å². The number of hydrogen-bond acceptors (Lipinski definition) is 1. The van der Waals surface area contributed by atoms with Gasteiger partial charge in [-0.05, 0) is 39.0 Å². The van der Waals surface area contributed by atoms with Gasteiger partial charge in [0.15, 0.2) is 0 Å². The van der Waals surface area contributed by atoms with Gasteiger partial charge >= 0.3 is 0 Å². The Morgan fingerprint density at radius 2 is 1.58 bits per heavy atom. The van der Waals surface area contributed by atoms with Crippen molar-refractivity contribution in [3.63, 3.8) is 0 Å². The van der Waals surface area contributed by atoms with E-state index in [1.165, 1.54) is 0 Å². The Hall–Kier alpha value is -0.180. The third-order valence-corrected chi connectivity index (χ3v) is 5.05. The topological polar surface area (TPSA) is 3.24 Å². The van der Waals surface area contributed by atoms with Gasteiger partial charge in [0, 0.05) is 24.5 Å². The standard InChI is InChI=1S/C16H29F2N/c1-13(2,3)12-8-7-9-15(10-16(15,17)18)11-19(12)14(4,5)6/h12H,7-11H2,1-6H3. The lowest BCUT2D eigenvalue weighted by atomic mass is 9.81. The molecule has 2 atom stereocenters. The number of alkyl halides is 2. The highest BCUT2D eigenvalue weighted by Crippen LogP contribution is 2.65. The molecule has 112 valence electrons. The quantitative estimate of drug-likeness (QED) is 0.618. The molecule has 3 heteroatoms. The zero-order chi connectivity index (χ0) is 14.7. The molecule has 0 aromatic carbocycles. The average molecular weight is 273 g/mol. The second kappa shape index (κ2) is 4.16. The van der Waals surface area contributed by atoms with Crippen LogP contribution in [0.15, 0.2) is 0 Å². The van der Waals surface area contributed by atoms with E-state index in [0.29, 0.717) is 19.0 Å². The van der Waals surface area contributed by atoms with Gasteiger partial charge in [-0.15, -0.1) is 0 Å². The number of nitrogens with zero attached hydrogens (tertiary/aromatic N) is 1. The molecule has 1 nitrogen and oxygen atoms in total. The third-order valence-electron chi connectivity index (χ3n) is 5.05. The van der Waals surface area contributed by atoms with Crippen LogP contribution in [-0.2, 0) is 0 Å². The fourth-order valence-electron chi connectivity index (χ4n) is 3.73. The molecule has 0 N–H and O–H groups in total. The smallest absolute Gasteiger partial charge is 0.255 e. The van der Waals surface area contributed by atoms with E-state index in [4.69, 9.17) is 0 Å². The van der Waals surface area contributed by atoms with E-state index in [0.717, 1.165) is 12.8 Å².